The maximum atomic E-state index is 11.7. The van der Waals surface area contributed by atoms with Crippen LogP contribution in [0.5, 0.6) is 0 Å². The number of aryl methyl sites for hydroxylation is 1. The molecule has 96 valence electrons. The molecule has 0 spiro atoms. The molecule has 0 heterocycles. The van der Waals surface area contributed by atoms with E-state index in [4.69, 9.17) is 0 Å². The largest absolute Gasteiger partial charge is 0.522 e. The topological polar surface area (TPSA) is 21.3 Å². The Bertz CT molecular complexity index is 352. The second-order valence-corrected chi connectivity index (χ2v) is 3.88. The molecule has 0 aliphatic rings. The Morgan fingerprint density at radius 3 is 2.65 bits per heavy atom. The Kier molecular flexibility index (Phi) is 4.96. The number of benzene rings is 1. The minimum absolute atomic E-state index is 0.00623. The molecule has 1 aromatic carbocycles. The first-order valence-electron chi connectivity index (χ1n) is 5.39. The summed E-state index contributed by atoms with van der Waals surface area (Å²) in [5.74, 6) is 0. The number of hydrogen-bond acceptors (Lipinski definition) is 2. The first-order chi connectivity index (χ1) is 7.88. The summed E-state index contributed by atoms with van der Waals surface area (Å²) in [4.78, 5) is 0. The van der Waals surface area contributed by atoms with Crippen LogP contribution < -0.4 is 5.32 Å². The Balaban J connectivity index is 2.33. The zero-order valence-electron chi connectivity index (χ0n) is 9.84. The van der Waals surface area contributed by atoms with E-state index in [2.05, 4.69) is 10.1 Å². The number of nitrogens with one attached hydrogen (secondary N) is 1. The lowest BCUT2D eigenvalue weighted by Gasteiger charge is -2.15. The van der Waals surface area contributed by atoms with Gasteiger partial charge in [-0.15, -0.1) is 13.2 Å². The van der Waals surface area contributed by atoms with Crippen molar-refractivity contribution < 1.29 is 17.9 Å². The third-order valence-electron chi connectivity index (χ3n) is 2.36. The standard InChI is InChI=1S/C12H16F3NO/c1-9-4-3-5-11(8-9)10(2)16-6-7-17-12(13,14)15/h3-5,8,10,16H,6-7H2,1-2H3/t10-/m0/s1. The van der Waals surface area contributed by atoms with Crippen LogP contribution in [0.3, 0.4) is 0 Å². The van der Waals surface area contributed by atoms with Crippen LogP contribution in [0.15, 0.2) is 24.3 Å². The first kappa shape index (κ1) is 14.0. The van der Waals surface area contributed by atoms with Gasteiger partial charge in [0.2, 0.25) is 0 Å². The SMILES string of the molecule is Cc1cccc([C@H](C)NCCOC(F)(F)F)c1. The maximum Gasteiger partial charge on any atom is 0.522 e. The second-order valence-electron chi connectivity index (χ2n) is 3.88. The van der Waals surface area contributed by atoms with Gasteiger partial charge in [0.1, 0.15) is 0 Å². The van der Waals surface area contributed by atoms with Gasteiger partial charge >= 0.3 is 6.36 Å². The Morgan fingerprint density at radius 1 is 1.35 bits per heavy atom. The van der Waals surface area contributed by atoms with Gasteiger partial charge in [0.15, 0.2) is 0 Å². The van der Waals surface area contributed by atoms with Gasteiger partial charge in [-0.2, -0.15) is 0 Å². The molecule has 0 aliphatic carbocycles. The number of hydrogen-bond donors (Lipinski definition) is 1. The monoisotopic (exact) mass is 247 g/mol. The van der Waals surface area contributed by atoms with E-state index in [1.54, 1.807) is 0 Å². The number of rotatable bonds is 5. The highest BCUT2D eigenvalue weighted by molar-refractivity contribution is 5.24. The van der Waals surface area contributed by atoms with Gasteiger partial charge in [-0.1, -0.05) is 29.8 Å². The summed E-state index contributed by atoms with van der Waals surface area (Å²) in [7, 11) is 0. The van der Waals surface area contributed by atoms with Crippen molar-refractivity contribution in [1.82, 2.24) is 5.32 Å². The number of halogens is 3. The van der Waals surface area contributed by atoms with Crippen molar-refractivity contribution in [2.75, 3.05) is 13.2 Å². The smallest absolute Gasteiger partial charge is 0.308 e. The van der Waals surface area contributed by atoms with Crippen LogP contribution in [0.4, 0.5) is 13.2 Å². The lowest BCUT2D eigenvalue weighted by molar-refractivity contribution is -0.323. The molecular weight excluding hydrogens is 231 g/mol. The van der Waals surface area contributed by atoms with Crippen LogP contribution in [0.1, 0.15) is 24.1 Å². The highest BCUT2D eigenvalue weighted by Gasteiger charge is 2.28. The first-order valence-corrected chi connectivity index (χ1v) is 5.39. The van der Waals surface area contributed by atoms with Gasteiger partial charge < -0.3 is 5.32 Å². The molecule has 0 bridgehead atoms. The van der Waals surface area contributed by atoms with E-state index < -0.39 is 6.36 Å². The fourth-order valence-corrected chi connectivity index (χ4v) is 1.50. The Hall–Kier alpha value is -1.07. The van der Waals surface area contributed by atoms with E-state index in [-0.39, 0.29) is 19.2 Å². The minimum Gasteiger partial charge on any atom is -0.308 e. The van der Waals surface area contributed by atoms with Crippen molar-refractivity contribution >= 4 is 0 Å². The van der Waals surface area contributed by atoms with Crippen molar-refractivity contribution in [2.24, 2.45) is 0 Å². The fraction of sp³-hybridized carbons (Fsp3) is 0.500. The minimum atomic E-state index is -4.55. The van der Waals surface area contributed by atoms with E-state index >= 15 is 0 Å². The molecule has 0 fully saturated rings. The molecule has 0 radical (unpaired) electrons. The fourth-order valence-electron chi connectivity index (χ4n) is 1.50. The quantitative estimate of drug-likeness (QED) is 0.807. The Labute approximate surface area is 98.8 Å². The molecule has 1 aromatic rings. The summed E-state index contributed by atoms with van der Waals surface area (Å²) >= 11 is 0. The summed E-state index contributed by atoms with van der Waals surface area (Å²) in [5, 5.41) is 2.97. The van der Waals surface area contributed by atoms with Gasteiger partial charge in [0.25, 0.3) is 0 Å². The maximum absolute atomic E-state index is 11.7. The molecule has 1 atom stereocenters. The van der Waals surface area contributed by atoms with Gasteiger partial charge in [-0.3, -0.25) is 4.74 Å². The zero-order chi connectivity index (χ0) is 12.9. The van der Waals surface area contributed by atoms with E-state index in [1.165, 1.54) is 0 Å². The second kappa shape index (κ2) is 6.02. The summed E-state index contributed by atoms with van der Waals surface area (Å²) in [5.41, 5.74) is 2.18. The lowest BCUT2D eigenvalue weighted by Crippen LogP contribution is -2.26. The zero-order valence-corrected chi connectivity index (χ0v) is 9.84. The number of alkyl halides is 3. The number of ether oxygens (including phenoxy) is 1. The molecule has 2 nitrogen and oxygen atoms in total. The predicted octanol–water partition coefficient (Wildman–Crippen LogP) is 3.18. The molecule has 1 N–H and O–H groups in total. The van der Waals surface area contributed by atoms with Crippen LogP contribution in [-0.4, -0.2) is 19.5 Å². The third-order valence-corrected chi connectivity index (χ3v) is 2.36. The average Bonchev–Trinajstić information content (AvgIpc) is 2.23. The van der Waals surface area contributed by atoms with Gasteiger partial charge in [0.05, 0.1) is 6.61 Å². The van der Waals surface area contributed by atoms with Crippen LogP contribution in [0, 0.1) is 6.92 Å². The summed E-state index contributed by atoms with van der Waals surface area (Å²) in [6, 6.07) is 7.85. The molecule has 5 heteroatoms. The van der Waals surface area contributed by atoms with Gasteiger partial charge in [-0.25, -0.2) is 0 Å². The normalized spacial score (nSPS) is 13.7. The van der Waals surface area contributed by atoms with Crippen molar-refractivity contribution in [2.45, 2.75) is 26.3 Å². The lowest BCUT2D eigenvalue weighted by atomic mass is 10.1. The third kappa shape index (κ3) is 5.70. The Morgan fingerprint density at radius 2 is 2.06 bits per heavy atom. The van der Waals surface area contributed by atoms with Crippen LogP contribution >= 0.6 is 0 Å². The average molecular weight is 247 g/mol. The van der Waals surface area contributed by atoms with E-state index in [9.17, 15) is 13.2 Å². The molecule has 0 unspecified atom stereocenters. The molecule has 0 aromatic heterocycles. The summed E-state index contributed by atoms with van der Waals surface area (Å²) in [6.45, 7) is 3.67. The van der Waals surface area contributed by atoms with Crippen LogP contribution in [-0.2, 0) is 4.74 Å². The van der Waals surface area contributed by atoms with Gasteiger partial charge in [-0.05, 0) is 19.4 Å². The molecule has 0 amide bonds. The molecule has 0 saturated heterocycles. The molecule has 0 aliphatic heterocycles. The van der Waals surface area contributed by atoms with Crippen molar-refractivity contribution in [3.8, 4) is 0 Å². The predicted molar refractivity (Wildman–Crippen MR) is 59.6 cm³/mol. The highest BCUT2D eigenvalue weighted by Crippen LogP contribution is 2.16. The summed E-state index contributed by atoms with van der Waals surface area (Å²) in [6.07, 6.45) is -4.55. The highest BCUT2D eigenvalue weighted by atomic mass is 19.4. The van der Waals surface area contributed by atoms with E-state index in [1.807, 2.05) is 38.1 Å². The van der Waals surface area contributed by atoms with Crippen molar-refractivity contribution in [1.29, 1.82) is 0 Å². The molecule has 0 saturated carbocycles. The van der Waals surface area contributed by atoms with E-state index in [0.717, 1.165) is 11.1 Å². The molecular formula is C12H16F3NO. The van der Waals surface area contributed by atoms with E-state index in [0.29, 0.717) is 0 Å². The van der Waals surface area contributed by atoms with Crippen molar-refractivity contribution in [3.05, 3.63) is 35.4 Å². The molecule has 1 rings (SSSR count). The van der Waals surface area contributed by atoms with Crippen LogP contribution in [0.2, 0.25) is 0 Å². The van der Waals surface area contributed by atoms with Gasteiger partial charge in [0, 0.05) is 12.6 Å². The van der Waals surface area contributed by atoms with Crippen molar-refractivity contribution in [3.63, 3.8) is 0 Å². The molecule has 17 heavy (non-hydrogen) atoms. The van der Waals surface area contributed by atoms with Crippen LogP contribution in [0.25, 0.3) is 0 Å². The summed E-state index contributed by atoms with van der Waals surface area (Å²) < 4.78 is 38.8.